The molecule has 0 spiro atoms. The van der Waals surface area contributed by atoms with Gasteiger partial charge in [-0.05, 0) is 19.1 Å². The van der Waals surface area contributed by atoms with Gasteiger partial charge in [-0.25, -0.2) is 0 Å². The van der Waals surface area contributed by atoms with Gasteiger partial charge in [-0.3, -0.25) is 4.79 Å². The number of halogens is 1. The molecule has 2 aromatic rings. The molecule has 0 saturated heterocycles. The lowest BCUT2D eigenvalue weighted by molar-refractivity contribution is 0.112. The molecule has 0 fully saturated rings. The number of hydrogen-bond acceptors (Lipinski definition) is 4. The van der Waals surface area contributed by atoms with E-state index in [1.165, 1.54) is 11.3 Å². The number of carbonyl (C=O) groups is 1. The highest BCUT2D eigenvalue weighted by atomic mass is 35.5. The van der Waals surface area contributed by atoms with Crippen LogP contribution in [0.15, 0.2) is 16.7 Å². The highest BCUT2D eigenvalue weighted by Crippen LogP contribution is 2.33. The third-order valence-corrected chi connectivity index (χ3v) is 3.05. The highest BCUT2D eigenvalue weighted by Gasteiger charge is 2.15. The van der Waals surface area contributed by atoms with Crippen LogP contribution in [0.3, 0.4) is 0 Å². The van der Waals surface area contributed by atoms with Crippen molar-refractivity contribution in [1.29, 1.82) is 0 Å². The van der Waals surface area contributed by atoms with E-state index < -0.39 is 0 Å². The Hall–Kier alpha value is -1.13. The van der Waals surface area contributed by atoms with Gasteiger partial charge in [-0.15, -0.1) is 11.3 Å². The second-order valence-corrected chi connectivity index (χ2v) is 4.45. The van der Waals surface area contributed by atoms with Crippen LogP contribution in [0.1, 0.15) is 16.1 Å². The smallest absolute Gasteiger partial charge is 0.187 e. The van der Waals surface area contributed by atoms with Crippen molar-refractivity contribution < 1.29 is 9.32 Å². The fraction of sp³-hybridized carbons (Fsp3) is 0.111. The molecule has 0 amide bonds. The summed E-state index contributed by atoms with van der Waals surface area (Å²) in [5, 5.41) is 3.73. The maximum absolute atomic E-state index is 10.8. The Labute approximate surface area is 89.3 Å². The Morgan fingerprint density at radius 2 is 2.36 bits per heavy atom. The third-order valence-electron chi connectivity index (χ3n) is 1.82. The van der Waals surface area contributed by atoms with Gasteiger partial charge in [0.05, 0.1) is 20.5 Å². The molecule has 0 unspecified atom stereocenters. The minimum atomic E-state index is 0.489. The molecule has 2 aromatic heterocycles. The van der Waals surface area contributed by atoms with Gasteiger partial charge in [-0.1, -0.05) is 16.8 Å². The highest BCUT2D eigenvalue weighted by molar-refractivity contribution is 7.19. The fourth-order valence-corrected chi connectivity index (χ4v) is 2.16. The Kier molecular flexibility index (Phi) is 2.39. The minimum absolute atomic E-state index is 0.489. The molecule has 0 N–H and O–H groups in total. The van der Waals surface area contributed by atoms with E-state index in [9.17, 15) is 4.79 Å². The van der Waals surface area contributed by atoms with Crippen LogP contribution in [0.2, 0.25) is 4.34 Å². The van der Waals surface area contributed by atoms with Crippen molar-refractivity contribution in [2.75, 3.05) is 0 Å². The molecule has 0 aliphatic rings. The van der Waals surface area contributed by atoms with Crippen molar-refractivity contribution >= 4 is 29.2 Å². The summed E-state index contributed by atoms with van der Waals surface area (Å²) in [5.41, 5.74) is 1.09. The summed E-state index contributed by atoms with van der Waals surface area (Å²) < 4.78 is 5.71. The van der Waals surface area contributed by atoms with Crippen LogP contribution in [-0.4, -0.2) is 11.4 Å². The number of rotatable bonds is 2. The van der Waals surface area contributed by atoms with E-state index in [0.29, 0.717) is 21.4 Å². The maximum Gasteiger partial charge on any atom is 0.187 e. The number of carbonyl (C=O) groups excluding carboxylic acids is 1. The van der Waals surface area contributed by atoms with Crippen LogP contribution >= 0.6 is 22.9 Å². The number of aromatic nitrogens is 1. The quantitative estimate of drug-likeness (QED) is 0.740. The van der Waals surface area contributed by atoms with E-state index in [-0.39, 0.29) is 0 Å². The van der Waals surface area contributed by atoms with Crippen LogP contribution < -0.4 is 0 Å². The van der Waals surface area contributed by atoms with E-state index >= 15 is 0 Å². The predicted molar refractivity (Wildman–Crippen MR) is 55.0 cm³/mol. The lowest BCUT2D eigenvalue weighted by Gasteiger charge is -1.89. The number of aldehydes is 1. The molecule has 2 heterocycles. The van der Waals surface area contributed by atoms with Crippen molar-refractivity contribution in [1.82, 2.24) is 5.16 Å². The second-order valence-electron chi connectivity index (χ2n) is 2.73. The van der Waals surface area contributed by atoms with E-state index in [1.54, 1.807) is 19.1 Å². The van der Waals surface area contributed by atoms with Crippen molar-refractivity contribution in [3.8, 4) is 10.6 Å². The summed E-state index contributed by atoms with van der Waals surface area (Å²) in [6.45, 7) is 1.73. The fourth-order valence-electron chi connectivity index (χ4n) is 1.13. The van der Waals surface area contributed by atoms with Crippen molar-refractivity contribution in [3.05, 3.63) is 27.7 Å². The van der Waals surface area contributed by atoms with Gasteiger partial charge in [0.15, 0.2) is 12.0 Å². The van der Waals surface area contributed by atoms with Crippen LogP contribution in [-0.2, 0) is 0 Å². The zero-order valence-electron chi connectivity index (χ0n) is 7.28. The molecule has 2 rings (SSSR count). The molecule has 3 nitrogen and oxygen atoms in total. The number of thiophene rings is 1. The summed E-state index contributed by atoms with van der Waals surface area (Å²) in [6.07, 6.45) is 0.745. The molecular weight excluding hydrogens is 222 g/mol. The van der Waals surface area contributed by atoms with Gasteiger partial charge in [0.1, 0.15) is 0 Å². The van der Waals surface area contributed by atoms with Crippen LogP contribution in [0.4, 0.5) is 0 Å². The van der Waals surface area contributed by atoms with E-state index in [1.807, 2.05) is 0 Å². The lowest BCUT2D eigenvalue weighted by atomic mass is 10.2. The molecule has 72 valence electrons. The minimum Gasteiger partial charge on any atom is -0.354 e. The second kappa shape index (κ2) is 3.55. The first-order chi connectivity index (χ1) is 6.72. The molecule has 0 aliphatic carbocycles. The Morgan fingerprint density at radius 1 is 1.57 bits per heavy atom. The largest absolute Gasteiger partial charge is 0.354 e. The molecule has 14 heavy (non-hydrogen) atoms. The Bertz CT molecular complexity index is 475. The van der Waals surface area contributed by atoms with Gasteiger partial charge in [0.25, 0.3) is 0 Å². The summed E-state index contributed by atoms with van der Waals surface area (Å²) in [4.78, 5) is 11.6. The topological polar surface area (TPSA) is 43.1 Å². The predicted octanol–water partition coefficient (Wildman–Crippen LogP) is 3.18. The van der Waals surface area contributed by atoms with Gasteiger partial charge in [0.2, 0.25) is 0 Å². The maximum atomic E-state index is 10.8. The summed E-state index contributed by atoms with van der Waals surface area (Å²) in [6, 6.07) is 3.56. The van der Waals surface area contributed by atoms with Gasteiger partial charge >= 0.3 is 0 Å². The van der Waals surface area contributed by atoms with E-state index in [0.717, 1.165) is 11.2 Å². The van der Waals surface area contributed by atoms with Crippen LogP contribution in [0, 0.1) is 6.92 Å². The average Bonchev–Trinajstić information content (AvgIpc) is 2.71. The molecule has 0 aliphatic heterocycles. The van der Waals surface area contributed by atoms with E-state index in [2.05, 4.69) is 5.16 Å². The summed E-state index contributed by atoms with van der Waals surface area (Å²) >= 11 is 7.14. The first-order valence-electron chi connectivity index (χ1n) is 3.89. The number of aryl methyl sites for hydroxylation is 1. The van der Waals surface area contributed by atoms with Gasteiger partial charge < -0.3 is 4.52 Å². The Morgan fingerprint density at radius 3 is 2.93 bits per heavy atom. The standard InChI is InChI=1S/C9H6ClNO2S/c1-5-6(4-12)9(13-11-5)7-2-3-8(10)14-7/h2-4H,1H3. The average molecular weight is 228 g/mol. The Balaban J connectivity index is 2.56. The van der Waals surface area contributed by atoms with Crippen molar-refractivity contribution in [2.45, 2.75) is 6.92 Å². The van der Waals surface area contributed by atoms with Gasteiger partial charge in [-0.2, -0.15) is 0 Å². The molecule has 0 radical (unpaired) electrons. The van der Waals surface area contributed by atoms with Gasteiger partial charge in [0, 0.05) is 0 Å². The number of nitrogens with zero attached hydrogens (tertiary/aromatic N) is 1. The molecule has 0 saturated carbocycles. The number of hydrogen-bond donors (Lipinski definition) is 0. The lowest BCUT2D eigenvalue weighted by Crippen LogP contribution is -1.82. The van der Waals surface area contributed by atoms with E-state index in [4.69, 9.17) is 16.1 Å². The molecule has 0 aromatic carbocycles. The molecular formula is C9H6ClNO2S. The monoisotopic (exact) mass is 227 g/mol. The van der Waals surface area contributed by atoms with Crippen molar-refractivity contribution in [2.24, 2.45) is 0 Å². The van der Waals surface area contributed by atoms with Crippen LogP contribution in [0.25, 0.3) is 10.6 Å². The SMILES string of the molecule is Cc1noc(-c2ccc(Cl)s2)c1C=O. The first-order valence-corrected chi connectivity index (χ1v) is 5.09. The normalized spacial score (nSPS) is 10.4. The van der Waals surface area contributed by atoms with Crippen LogP contribution in [0.5, 0.6) is 0 Å². The summed E-state index contributed by atoms with van der Waals surface area (Å²) in [7, 11) is 0. The zero-order valence-corrected chi connectivity index (χ0v) is 8.85. The molecule has 0 atom stereocenters. The molecule has 5 heteroatoms. The zero-order chi connectivity index (χ0) is 10.1. The third kappa shape index (κ3) is 1.47. The first kappa shape index (κ1) is 9.43. The van der Waals surface area contributed by atoms with Crippen molar-refractivity contribution in [3.63, 3.8) is 0 Å². The summed E-state index contributed by atoms with van der Waals surface area (Å²) in [5.74, 6) is 0.495. The molecule has 0 bridgehead atoms.